The van der Waals surface area contributed by atoms with E-state index in [1.165, 1.54) is 0 Å². The second kappa shape index (κ2) is 7.66. The van der Waals surface area contributed by atoms with Crippen LogP contribution in [0.5, 0.6) is 0 Å². The van der Waals surface area contributed by atoms with Crippen molar-refractivity contribution in [1.29, 1.82) is 0 Å². The summed E-state index contributed by atoms with van der Waals surface area (Å²) in [6.45, 7) is 1.99. The van der Waals surface area contributed by atoms with E-state index in [4.69, 9.17) is 27.6 Å². The average molecular weight is 411 g/mol. The van der Waals surface area contributed by atoms with Gasteiger partial charge < -0.3 is 9.73 Å². The standard InChI is InChI=1S/C22H16Cl2N2O2/c1-13-2-6-15(7-3-13)22(27)25-17-8-4-14(5-9-17)10-20-26-19-12-16(23)11-18(24)21(19)28-20/h2-9,11-12H,10H2,1H3,(H,25,27). The summed E-state index contributed by atoms with van der Waals surface area (Å²) in [5.74, 6) is 0.411. The maximum absolute atomic E-state index is 12.3. The highest BCUT2D eigenvalue weighted by atomic mass is 35.5. The number of benzene rings is 3. The van der Waals surface area contributed by atoms with Crippen molar-refractivity contribution in [3.63, 3.8) is 0 Å². The minimum Gasteiger partial charge on any atom is -0.439 e. The number of aromatic nitrogens is 1. The third kappa shape index (κ3) is 4.03. The number of hydrogen-bond donors (Lipinski definition) is 1. The molecule has 4 rings (SSSR count). The molecule has 0 unspecified atom stereocenters. The zero-order chi connectivity index (χ0) is 19.7. The molecule has 0 spiro atoms. The number of halogens is 2. The highest BCUT2D eigenvalue weighted by molar-refractivity contribution is 6.37. The summed E-state index contributed by atoms with van der Waals surface area (Å²) in [5, 5.41) is 3.85. The van der Waals surface area contributed by atoms with Gasteiger partial charge >= 0.3 is 0 Å². The van der Waals surface area contributed by atoms with E-state index in [0.717, 1.165) is 16.8 Å². The lowest BCUT2D eigenvalue weighted by Gasteiger charge is -2.06. The fourth-order valence-corrected chi connectivity index (χ4v) is 3.39. The second-order valence-corrected chi connectivity index (χ2v) is 7.38. The van der Waals surface area contributed by atoms with Crippen LogP contribution in [0.3, 0.4) is 0 Å². The monoisotopic (exact) mass is 410 g/mol. The van der Waals surface area contributed by atoms with Gasteiger partial charge in [-0.25, -0.2) is 4.98 Å². The number of hydrogen-bond acceptors (Lipinski definition) is 3. The first-order valence-electron chi connectivity index (χ1n) is 8.69. The minimum absolute atomic E-state index is 0.141. The summed E-state index contributed by atoms with van der Waals surface area (Å²) < 4.78 is 5.75. The number of fused-ring (bicyclic) bond motifs is 1. The predicted molar refractivity (Wildman–Crippen MR) is 112 cm³/mol. The molecule has 0 aliphatic rings. The molecule has 0 saturated heterocycles. The van der Waals surface area contributed by atoms with E-state index < -0.39 is 0 Å². The Morgan fingerprint density at radius 1 is 1.04 bits per heavy atom. The van der Waals surface area contributed by atoms with Crippen LogP contribution in [0.25, 0.3) is 11.1 Å². The smallest absolute Gasteiger partial charge is 0.255 e. The van der Waals surface area contributed by atoms with Gasteiger partial charge in [0.05, 0.1) is 5.02 Å². The Balaban J connectivity index is 1.47. The number of aryl methyl sites for hydroxylation is 1. The van der Waals surface area contributed by atoms with Crippen molar-refractivity contribution < 1.29 is 9.21 Å². The molecule has 3 aromatic carbocycles. The largest absolute Gasteiger partial charge is 0.439 e. The number of carbonyl (C=O) groups is 1. The van der Waals surface area contributed by atoms with Crippen molar-refractivity contribution in [2.75, 3.05) is 5.32 Å². The Morgan fingerprint density at radius 2 is 1.75 bits per heavy atom. The van der Waals surface area contributed by atoms with Crippen molar-refractivity contribution >= 4 is 45.9 Å². The average Bonchev–Trinajstić information content (AvgIpc) is 3.06. The van der Waals surface area contributed by atoms with E-state index in [-0.39, 0.29) is 5.91 Å². The summed E-state index contributed by atoms with van der Waals surface area (Å²) in [6, 6.07) is 18.4. The number of amides is 1. The fraction of sp³-hybridized carbons (Fsp3) is 0.0909. The highest BCUT2D eigenvalue weighted by Crippen LogP contribution is 2.29. The van der Waals surface area contributed by atoms with Gasteiger partial charge in [-0.3, -0.25) is 4.79 Å². The van der Waals surface area contributed by atoms with Crippen LogP contribution >= 0.6 is 23.2 Å². The molecule has 0 atom stereocenters. The molecule has 4 nitrogen and oxygen atoms in total. The Kier molecular flexibility index (Phi) is 5.07. The molecule has 1 N–H and O–H groups in total. The molecule has 0 aliphatic carbocycles. The molecular weight excluding hydrogens is 395 g/mol. The number of nitrogens with one attached hydrogen (secondary N) is 1. The molecule has 0 bridgehead atoms. The van der Waals surface area contributed by atoms with E-state index in [1.807, 2.05) is 55.5 Å². The third-order valence-electron chi connectivity index (χ3n) is 4.33. The maximum Gasteiger partial charge on any atom is 0.255 e. The predicted octanol–water partition coefficient (Wildman–Crippen LogP) is 6.29. The summed E-state index contributed by atoms with van der Waals surface area (Å²) in [4.78, 5) is 16.7. The molecule has 0 radical (unpaired) electrons. The second-order valence-electron chi connectivity index (χ2n) is 6.54. The van der Waals surface area contributed by atoms with Gasteiger partial charge in [-0.1, -0.05) is 53.0 Å². The summed E-state index contributed by atoms with van der Waals surface area (Å²) >= 11 is 12.2. The van der Waals surface area contributed by atoms with E-state index in [1.54, 1.807) is 12.1 Å². The lowest BCUT2D eigenvalue weighted by Crippen LogP contribution is -2.11. The molecule has 0 fully saturated rings. The number of nitrogens with zero attached hydrogens (tertiary/aromatic N) is 1. The lowest BCUT2D eigenvalue weighted by atomic mass is 10.1. The Bertz CT molecular complexity index is 1150. The molecule has 140 valence electrons. The zero-order valence-electron chi connectivity index (χ0n) is 15.0. The van der Waals surface area contributed by atoms with Gasteiger partial charge in [0.15, 0.2) is 11.5 Å². The van der Waals surface area contributed by atoms with Crippen LogP contribution in [0.2, 0.25) is 10.0 Å². The van der Waals surface area contributed by atoms with Gasteiger partial charge in [0.1, 0.15) is 5.52 Å². The van der Waals surface area contributed by atoms with Crippen LogP contribution < -0.4 is 5.32 Å². The molecule has 0 saturated carbocycles. The minimum atomic E-state index is -0.141. The van der Waals surface area contributed by atoms with Crippen molar-refractivity contribution in [3.05, 3.63) is 93.3 Å². The van der Waals surface area contributed by atoms with E-state index in [0.29, 0.717) is 39.0 Å². The Morgan fingerprint density at radius 3 is 2.46 bits per heavy atom. The third-order valence-corrected chi connectivity index (χ3v) is 4.83. The van der Waals surface area contributed by atoms with Gasteiger partial charge in [0.2, 0.25) is 0 Å². The molecule has 1 aromatic heterocycles. The van der Waals surface area contributed by atoms with E-state index in [9.17, 15) is 4.79 Å². The number of anilines is 1. The van der Waals surface area contributed by atoms with Crippen molar-refractivity contribution in [2.24, 2.45) is 0 Å². The number of carbonyl (C=O) groups excluding carboxylic acids is 1. The van der Waals surface area contributed by atoms with Crippen molar-refractivity contribution in [3.8, 4) is 0 Å². The van der Waals surface area contributed by atoms with Crippen LogP contribution in [0.15, 0.2) is 65.1 Å². The summed E-state index contributed by atoms with van der Waals surface area (Å²) in [7, 11) is 0. The topological polar surface area (TPSA) is 55.1 Å². The highest BCUT2D eigenvalue weighted by Gasteiger charge is 2.11. The molecule has 1 heterocycles. The zero-order valence-corrected chi connectivity index (χ0v) is 16.5. The maximum atomic E-state index is 12.3. The van der Waals surface area contributed by atoms with Gasteiger partial charge in [-0.15, -0.1) is 0 Å². The van der Waals surface area contributed by atoms with Gasteiger partial charge in [-0.05, 0) is 48.9 Å². The van der Waals surface area contributed by atoms with Gasteiger partial charge in [0.25, 0.3) is 5.91 Å². The molecular formula is C22H16Cl2N2O2. The summed E-state index contributed by atoms with van der Waals surface area (Å²) in [6.07, 6.45) is 0.509. The van der Waals surface area contributed by atoms with Crippen LogP contribution in [0.4, 0.5) is 5.69 Å². The van der Waals surface area contributed by atoms with Crippen molar-refractivity contribution in [2.45, 2.75) is 13.3 Å². The van der Waals surface area contributed by atoms with Crippen LogP contribution in [-0.2, 0) is 6.42 Å². The lowest BCUT2D eigenvalue weighted by molar-refractivity contribution is 0.102. The number of oxazole rings is 1. The molecule has 4 aromatic rings. The van der Waals surface area contributed by atoms with Crippen LogP contribution in [0, 0.1) is 6.92 Å². The molecule has 28 heavy (non-hydrogen) atoms. The fourth-order valence-electron chi connectivity index (χ4n) is 2.87. The van der Waals surface area contributed by atoms with Gasteiger partial charge in [-0.2, -0.15) is 0 Å². The van der Waals surface area contributed by atoms with Gasteiger partial charge in [0, 0.05) is 22.7 Å². The molecule has 1 amide bonds. The first kappa shape index (κ1) is 18.5. The summed E-state index contributed by atoms with van der Waals surface area (Å²) in [5.41, 5.74) is 4.63. The first-order valence-corrected chi connectivity index (χ1v) is 9.45. The normalized spacial score (nSPS) is 11.0. The Hall–Kier alpha value is -2.82. The van der Waals surface area contributed by atoms with Crippen LogP contribution in [-0.4, -0.2) is 10.9 Å². The SMILES string of the molecule is Cc1ccc(C(=O)Nc2ccc(Cc3nc4cc(Cl)cc(Cl)c4o3)cc2)cc1. The van der Waals surface area contributed by atoms with Crippen LogP contribution in [0.1, 0.15) is 27.4 Å². The number of rotatable bonds is 4. The Labute approximate surface area is 172 Å². The quantitative estimate of drug-likeness (QED) is 0.430. The molecule has 0 aliphatic heterocycles. The van der Waals surface area contributed by atoms with E-state index >= 15 is 0 Å². The molecule has 6 heteroatoms. The van der Waals surface area contributed by atoms with E-state index in [2.05, 4.69) is 10.3 Å². The first-order chi connectivity index (χ1) is 13.5. The van der Waals surface area contributed by atoms with Crippen molar-refractivity contribution in [1.82, 2.24) is 4.98 Å².